The molecule has 2 heterocycles. The molecule has 24 heavy (non-hydrogen) atoms. The number of hydrogen-bond donors (Lipinski definition) is 1. The van der Waals surface area contributed by atoms with Gasteiger partial charge < -0.3 is 15.1 Å². The summed E-state index contributed by atoms with van der Waals surface area (Å²) in [4.78, 5) is 14.3. The summed E-state index contributed by atoms with van der Waals surface area (Å²) < 4.78 is 0. The van der Waals surface area contributed by atoms with Crippen molar-refractivity contribution in [3.8, 4) is 11.4 Å². The van der Waals surface area contributed by atoms with Gasteiger partial charge in [-0.1, -0.05) is 44.2 Å². The molecule has 0 atom stereocenters. The maximum atomic E-state index is 4.84. The maximum absolute atomic E-state index is 4.84. The van der Waals surface area contributed by atoms with Gasteiger partial charge in [0.05, 0.1) is 0 Å². The van der Waals surface area contributed by atoms with Crippen LogP contribution in [0.5, 0.6) is 0 Å². The predicted molar refractivity (Wildman–Crippen MR) is 101 cm³/mol. The van der Waals surface area contributed by atoms with Crippen LogP contribution in [0.4, 0.5) is 11.6 Å². The molecular weight excluding hydrogens is 298 g/mol. The monoisotopic (exact) mass is 325 g/mol. The molecule has 0 spiro atoms. The summed E-state index contributed by atoms with van der Waals surface area (Å²) >= 11 is 0. The van der Waals surface area contributed by atoms with E-state index in [1.54, 1.807) is 0 Å². The van der Waals surface area contributed by atoms with Crippen LogP contribution in [0.15, 0.2) is 36.4 Å². The molecular formula is C19H27N5. The van der Waals surface area contributed by atoms with Crippen molar-refractivity contribution in [2.45, 2.75) is 13.8 Å². The van der Waals surface area contributed by atoms with Crippen molar-refractivity contribution in [1.82, 2.24) is 14.9 Å². The second-order valence-corrected chi connectivity index (χ2v) is 6.87. The summed E-state index contributed by atoms with van der Waals surface area (Å²) in [5.74, 6) is 3.29. The van der Waals surface area contributed by atoms with E-state index in [0.717, 1.165) is 55.7 Å². The van der Waals surface area contributed by atoms with E-state index >= 15 is 0 Å². The summed E-state index contributed by atoms with van der Waals surface area (Å²) in [7, 11) is 2.17. The Labute approximate surface area is 144 Å². The third-order valence-electron chi connectivity index (χ3n) is 4.26. The fourth-order valence-corrected chi connectivity index (χ4v) is 2.75. The van der Waals surface area contributed by atoms with Crippen molar-refractivity contribution in [3.63, 3.8) is 0 Å². The summed E-state index contributed by atoms with van der Waals surface area (Å²) in [6.07, 6.45) is 0. The Morgan fingerprint density at radius 1 is 1.04 bits per heavy atom. The van der Waals surface area contributed by atoms with E-state index in [4.69, 9.17) is 9.97 Å². The van der Waals surface area contributed by atoms with Gasteiger partial charge in [-0.05, 0) is 13.0 Å². The molecule has 2 aromatic rings. The van der Waals surface area contributed by atoms with Crippen LogP contribution in [0.1, 0.15) is 13.8 Å². The second kappa shape index (κ2) is 7.62. The molecule has 5 heteroatoms. The van der Waals surface area contributed by atoms with Crippen molar-refractivity contribution in [2.24, 2.45) is 5.92 Å². The van der Waals surface area contributed by atoms with Gasteiger partial charge in [-0.2, -0.15) is 0 Å². The van der Waals surface area contributed by atoms with Gasteiger partial charge in [-0.3, -0.25) is 0 Å². The van der Waals surface area contributed by atoms with E-state index in [2.05, 4.69) is 54.2 Å². The van der Waals surface area contributed by atoms with Gasteiger partial charge in [0.15, 0.2) is 5.82 Å². The average molecular weight is 325 g/mol. The molecule has 0 unspecified atom stereocenters. The van der Waals surface area contributed by atoms with Crippen molar-refractivity contribution < 1.29 is 0 Å². The molecule has 1 aromatic carbocycles. The van der Waals surface area contributed by atoms with E-state index < -0.39 is 0 Å². The fourth-order valence-electron chi connectivity index (χ4n) is 2.75. The first-order chi connectivity index (χ1) is 11.6. The van der Waals surface area contributed by atoms with Crippen LogP contribution < -0.4 is 10.2 Å². The van der Waals surface area contributed by atoms with Crippen LogP contribution in [-0.2, 0) is 0 Å². The zero-order valence-electron chi connectivity index (χ0n) is 14.9. The number of hydrogen-bond acceptors (Lipinski definition) is 5. The summed E-state index contributed by atoms with van der Waals surface area (Å²) in [5.41, 5.74) is 1.06. The minimum absolute atomic E-state index is 0.576. The van der Waals surface area contributed by atoms with Crippen LogP contribution in [-0.4, -0.2) is 54.6 Å². The van der Waals surface area contributed by atoms with Crippen molar-refractivity contribution in [3.05, 3.63) is 36.4 Å². The van der Waals surface area contributed by atoms with Gasteiger partial charge >= 0.3 is 0 Å². The van der Waals surface area contributed by atoms with E-state index in [1.165, 1.54) is 0 Å². The Kier molecular flexibility index (Phi) is 5.30. The molecule has 0 saturated carbocycles. The van der Waals surface area contributed by atoms with Gasteiger partial charge in [0, 0.05) is 44.4 Å². The normalized spacial score (nSPS) is 15.8. The Hall–Kier alpha value is -2.14. The zero-order valence-corrected chi connectivity index (χ0v) is 14.9. The Bertz CT molecular complexity index is 648. The molecule has 0 bridgehead atoms. The highest BCUT2D eigenvalue weighted by atomic mass is 15.3. The molecule has 0 radical (unpaired) electrons. The first-order valence-corrected chi connectivity index (χ1v) is 8.73. The number of rotatable bonds is 5. The standard InChI is InChI=1S/C19H27N5/c1-15(2)14-20-17-13-18(24-11-9-23(3)10-12-24)22-19(21-17)16-7-5-4-6-8-16/h4-8,13,15H,9-12,14H2,1-3H3,(H,20,21,22). The molecule has 1 aromatic heterocycles. The lowest BCUT2D eigenvalue weighted by Crippen LogP contribution is -2.44. The molecule has 1 N–H and O–H groups in total. The number of benzene rings is 1. The third-order valence-corrected chi connectivity index (χ3v) is 4.26. The molecule has 0 aliphatic carbocycles. The van der Waals surface area contributed by atoms with Gasteiger partial charge in [0.1, 0.15) is 11.6 Å². The number of anilines is 2. The number of nitrogens with zero attached hydrogens (tertiary/aromatic N) is 4. The second-order valence-electron chi connectivity index (χ2n) is 6.87. The predicted octanol–water partition coefficient (Wildman–Crippen LogP) is 2.96. The van der Waals surface area contributed by atoms with E-state index in [-0.39, 0.29) is 0 Å². The van der Waals surface area contributed by atoms with E-state index in [9.17, 15) is 0 Å². The van der Waals surface area contributed by atoms with Crippen LogP contribution >= 0.6 is 0 Å². The minimum atomic E-state index is 0.576. The van der Waals surface area contributed by atoms with Gasteiger partial charge in [-0.15, -0.1) is 0 Å². The van der Waals surface area contributed by atoms with Crippen LogP contribution in [0, 0.1) is 5.92 Å². The van der Waals surface area contributed by atoms with Crippen LogP contribution in [0.2, 0.25) is 0 Å². The Morgan fingerprint density at radius 3 is 2.42 bits per heavy atom. The highest BCUT2D eigenvalue weighted by Gasteiger charge is 2.17. The van der Waals surface area contributed by atoms with E-state index in [0.29, 0.717) is 5.92 Å². The third kappa shape index (κ3) is 4.23. The SMILES string of the molecule is CC(C)CNc1cc(N2CCN(C)CC2)nc(-c2ccccc2)n1. The lowest BCUT2D eigenvalue weighted by atomic mass is 10.2. The molecule has 5 nitrogen and oxygen atoms in total. The smallest absolute Gasteiger partial charge is 0.163 e. The lowest BCUT2D eigenvalue weighted by molar-refractivity contribution is 0.312. The van der Waals surface area contributed by atoms with Gasteiger partial charge in [-0.25, -0.2) is 9.97 Å². The number of aromatic nitrogens is 2. The number of nitrogens with one attached hydrogen (secondary N) is 1. The highest BCUT2D eigenvalue weighted by Crippen LogP contribution is 2.23. The average Bonchev–Trinajstić information content (AvgIpc) is 2.61. The Morgan fingerprint density at radius 2 is 1.75 bits per heavy atom. The summed E-state index contributed by atoms with van der Waals surface area (Å²) in [6, 6.07) is 12.3. The molecule has 1 aliphatic rings. The zero-order chi connectivity index (χ0) is 16.9. The maximum Gasteiger partial charge on any atom is 0.163 e. The number of piperazine rings is 1. The fraction of sp³-hybridized carbons (Fsp3) is 0.474. The molecule has 1 saturated heterocycles. The molecule has 128 valence electrons. The minimum Gasteiger partial charge on any atom is -0.370 e. The van der Waals surface area contributed by atoms with Crippen molar-refractivity contribution >= 4 is 11.6 Å². The first kappa shape index (κ1) is 16.7. The molecule has 3 rings (SSSR count). The van der Waals surface area contributed by atoms with Crippen molar-refractivity contribution in [2.75, 3.05) is 50.0 Å². The first-order valence-electron chi connectivity index (χ1n) is 8.73. The van der Waals surface area contributed by atoms with Crippen LogP contribution in [0.3, 0.4) is 0 Å². The topological polar surface area (TPSA) is 44.3 Å². The Balaban J connectivity index is 1.90. The summed E-state index contributed by atoms with van der Waals surface area (Å²) in [5, 5.41) is 3.45. The van der Waals surface area contributed by atoms with Gasteiger partial charge in [0.2, 0.25) is 0 Å². The largest absolute Gasteiger partial charge is 0.370 e. The lowest BCUT2D eigenvalue weighted by Gasteiger charge is -2.33. The highest BCUT2D eigenvalue weighted by molar-refractivity contribution is 5.61. The molecule has 1 aliphatic heterocycles. The van der Waals surface area contributed by atoms with Crippen LogP contribution in [0.25, 0.3) is 11.4 Å². The van der Waals surface area contributed by atoms with E-state index in [1.807, 2.05) is 18.2 Å². The quantitative estimate of drug-likeness (QED) is 0.915. The number of likely N-dealkylation sites (N-methyl/N-ethyl adjacent to an activating group) is 1. The van der Waals surface area contributed by atoms with Gasteiger partial charge in [0.25, 0.3) is 0 Å². The molecule has 0 amide bonds. The summed E-state index contributed by atoms with van der Waals surface area (Å²) in [6.45, 7) is 9.46. The van der Waals surface area contributed by atoms with Crippen molar-refractivity contribution in [1.29, 1.82) is 0 Å². The molecule has 1 fully saturated rings.